The number of halogens is 1. The summed E-state index contributed by atoms with van der Waals surface area (Å²) in [4.78, 5) is 6.42. The smallest absolute Gasteiger partial charge is 0.185 e. The van der Waals surface area contributed by atoms with Crippen LogP contribution in [0.3, 0.4) is 0 Å². The summed E-state index contributed by atoms with van der Waals surface area (Å²) in [6.07, 6.45) is 2.26. The Morgan fingerprint density at radius 2 is 2.14 bits per heavy atom. The van der Waals surface area contributed by atoms with Crippen molar-refractivity contribution in [2.24, 2.45) is 5.41 Å². The molecular formula is C16H19FN2O2S. The van der Waals surface area contributed by atoms with Crippen molar-refractivity contribution in [3.8, 4) is 0 Å². The molecule has 2 N–H and O–H groups in total. The van der Waals surface area contributed by atoms with Crippen LogP contribution in [0.4, 0.5) is 9.52 Å². The van der Waals surface area contributed by atoms with Gasteiger partial charge in [-0.2, -0.15) is 0 Å². The van der Waals surface area contributed by atoms with E-state index in [-0.39, 0.29) is 12.4 Å². The third kappa shape index (κ3) is 2.99. The number of thiazole rings is 1. The minimum absolute atomic E-state index is 0.118. The molecule has 2 heterocycles. The van der Waals surface area contributed by atoms with Gasteiger partial charge in [0.15, 0.2) is 5.13 Å². The zero-order valence-corrected chi connectivity index (χ0v) is 13.0. The first-order chi connectivity index (χ1) is 10.6. The molecular weight excluding hydrogens is 303 g/mol. The van der Waals surface area contributed by atoms with Crippen molar-refractivity contribution in [1.82, 2.24) is 4.98 Å². The Kier molecular flexibility index (Phi) is 4.42. The van der Waals surface area contributed by atoms with Crippen molar-refractivity contribution in [3.63, 3.8) is 0 Å². The molecule has 118 valence electrons. The predicted octanol–water partition coefficient (Wildman–Crippen LogP) is 2.07. The lowest BCUT2D eigenvalue weighted by Gasteiger charge is -2.45. The molecule has 22 heavy (non-hydrogen) atoms. The molecule has 2 aromatic rings. The van der Waals surface area contributed by atoms with Gasteiger partial charge in [0.1, 0.15) is 5.82 Å². The molecule has 1 aromatic carbocycles. The first-order valence-electron chi connectivity index (χ1n) is 7.31. The lowest BCUT2D eigenvalue weighted by molar-refractivity contribution is -0.0291. The normalized spacial score (nSPS) is 25.4. The first kappa shape index (κ1) is 15.4. The summed E-state index contributed by atoms with van der Waals surface area (Å²) in [6, 6.07) is 6.24. The van der Waals surface area contributed by atoms with E-state index in [9.17, 15) is 14.6 Å². The van der Waals surface area contributed by atoms with Gasteiger partial charge >= 0.3 is 0 Å². The fourth-order valence-corrected chi connectivity index (χ4v) is 3.75. The van der Waals surface area contributed by atoms with Crippen LogP contribution >= 0.6 is 11.3 Å². The second-order valence-corrected chi connectivity index (χ2v) is 6.74. The Labute approximate surface area is 132 Å². The number of benzene rings is 1. The molecule has 1 aliphatic rings. The van der Waals surface area contributed by atoms with E-state index in [2.05, 4.69) is 9.88 Å². The highest BCUT2D eigenvalue weighted by atomic mass is 32.1. The van der Waals surface area contributed by atoms with Gasteiger partial charge in [-0.05, 0) is 30.5 Å². The maximum Gasteiger partial charge on any atom is 0.185 e. The van der Waals surface area contributed by atoms with E-state index in [1.54, 1.807) is 29.7 Å². The number of aromatic nitrogens is 1. The van der Waals surface area contributed by atoms with Gasteiger partial charge in [-0.15, -0.1) is 11.3 Å². The zero-order chi connectivity index (χ0) is 15.6. The summed E-state index contributed by atoms with van der Waals surface area (Å²) >= 11 is 1.55. The van der Waals surface area contributed by atoms with E-state index in [0.717, 1.165) is 17.2 Å². The average molecular weight is 322 g/mol. The molecule has 0 aliphatic carbocycles. The quantitative estimate of drug-likeness (QED) is 0.905. The fraction of sp³-hybridized carbons (Fsp3) is 0.438. The standard InChI is InChI=1S/C16H19FN2O2S/c17-13-3-1-12(2-4-13)9-16(11-20)10-19(7-5-14(16)21)15-18-6-8-22-15/h1-4,6,8,14,20-21H,5,7,9-11H2/t14-,16-/m0/s1. The first-order valence-corrected chi connectivity index (χ1v) is 8.19. The Morgan fingerprint density at radius 1 is 1.36 bits per heavy atom. The number of hydrogen-bond donors (Lipinski definition) is 2. The van der Waals surface area contributed by atoms with Crippen LogP contribution in [0.25, 0.3) is 0 Å². The molecule has 1 fully saturated rings. The molecule has 6 heteroatoms. The molecule has 1 aliphatic heterocycles. The molecule has 0 amide bonds. The highest BCUT2D eigenvalue weighted by Crippen LogP contribution is 2.36. The molecule has 4 nitrogen and oxygen atoms in total. The van der Waals surface area contributed by atoms with Crippen molar-refractivity contribution in [3.05, 3.63) is 47.2 Å². The Balaban J connectivity index is 1.83. The SMILES string of the molecule is OC[C@]1(Cc2ccc(F)cc2)CN(c2nccs2)CC[C@@H]1O. The summed E-state index contributed by atoms with van der Waals surface area (Å²) in [5.41, 5.74) is 0.261. The molecule has 0 saturated carbocycles. The van der Waals surface area contributed by atoms with Gasteiger partial charge in [-0.3, -0.25) is 0 Å². The van der Waals surface area contributed by atoms with Crippen molar-refractivity contribution in [2.45, 2.75) is 18.9 Å². The van der Waals surface area contributed by atoms with Gasteiger partial charge in [0.2, 0.25) is 0 Å². The molecule has 1 aromatic heterocycles. The van der Waals surface area contributed by atoms with Crippen LogP contribution in [0.15, 0.2) is 35.8 Å². The summed E-state index contributed by atoms with van der Waals surface area (Å²) in [6.45, 7) is 1.14. The monoisotopic (exact) mass is 322 g/mol. The van der Waals surface area contributed by atoms with Crippen LogP contribution in [0.5, 0.6) is 0 Å². The minimum Gasteiger partial charge on any atom is -0.396 e. The second-order valence-electron chi connectivity index (χ2n) is 5.86. The van der Waals surface area contributed by atoms with Crippen molar-refractivity contribution in [2.75, 3.05) is 24.6 Å². The van der Waals surface area contributed by atoms with Crippen LogP contribution in [-0.4, -0.2) is 41.0 Å². The van der Waals surface area contributed by atoms with E-state index in [1.165, 1.54) is 12.1 Å². The Morgan fingerprint density at radius 3 is 2.77 bits per heavy atom. The molecule has 0 spiro atoms. The van der Waals surface area contributed by atoms with Crippen LogP contribution < -0.4 is 4.90 Å². The minimum atomic E-state index is -0.651. The second kappa shape index (κ2) is 6.32. The van der Waals surface area contributed by atoms with Gasteiger partial charge in [0.05, 0.1) is 12.7 Å². The van der Waals surface area contributed by atoms with Crippen molar-refractivity contribution in [1.29, 1.82) is 0 Å². The third-order valence-corrected chi connectivity index (χ3v) is 5.19. The fourth-order valence-electron chi connectivity index (χ4n) is 3.08. The summed E-state index contributed by atoms with van der Waals surface area (Å²) < 4.78 is 13.1. The zero-order valence-electron chi connectivity index (χ0n) is 12.2. The molecule has 1 saturated heterocycles. The number of piperidine rings is 1. The van der Waals surface area contributed by atoms with Crippen LogP contribution in [0.1, 0.15) is 12.0 Å². The van der Waals surface area contributed by atoms with Crippen molar-refractivity contribution < 1.29 is 14.6 Å². The number of aliphatic hydroxyl groups excluding tert-OH is 2. The van der Waals surface area contributed by atoms with Gasteiger partial charge in [-0.1, -0.05) is 12.1 Å². The number of rotatable bonds is 4. The highest BCUT2D eigenvalue weighted by molar-refractivity contribution is 7.13. The van der Waals surface area contributed by atoms with E-state index >= 15 is 0 Å². The maximum absolute atomic E-state index is 13.1. The lowest BCUT2D eigenvalue weighted by Crippen LogP contribution is -2.55. The van der Waals surface area contributed by atoms with Crippen LogP contribution in [0.2, 0.25) is 0 Å². The molecule has 0 unspecified atom stereocenters. The molecule has 3 rings (SSSR count). The number of anilines is 1. The van der Waals surface area contributed by atoms with E-state index in [4.69, 9.17) is 0 Å². The van der Waals surface area contributed by atoms with Gasteiger partial charge in [-0.25, -0.2) is 9.37 Å². The Hall–Kier alpha value is -1.50. The topological polar surface area (TPSA) is 56.6 Å². The summed E-state index contributed by atoms with van der Waals surface area (Å²) in [5, 5.41) is 23.3. The van der Waals surface area contributed by atoms with E-state index in [1.807, 2.05) is 5.38 Å². The predicted molar refractivity (Wildman–Crippen MR) is 84.6 cm³/mol. The maximum atomic E-state index is 13.1. The van der Waals surface area contributed by atoms with E-state index in [0.29, 0.717) is 19.4 Å². The Bertz CT molecular complexity index is 605. The van der Waals surface area contributed by atoms with Crippen molar-refractivity contribution >= 4 is 16.5 Å². The molecule has 0 radical (unpaired) electrons. The van der Waals surface area contributed by atoms with Gasteiger partial charge < -0.3 is 15.1 Å². The van der Waals surface area contributed by atoms with Crippen LogP contribution in [0, 0.1) is 11.2 Å². The third-order valence-electron chi connectivity index (χ3n) is 4.36. The highest BCUT2D eigenvalue weighted by Gasteiger charge is 2.43. The summed E-state index contributed by atoms with van der Waals surface area (Å²) in [5.74, 6) is -0.282. The van der Waals surface area contributed by atoms with Gasteiger partial charge in [0, 0.05) is 30.1 Å². The molecule has 0 bridgehead atoms. The van der Waals surface area contributed by atoms with Gasteiger partial charge in [0.25, 0.3) is 0 Å². The number of hydrogen-bond acceptors (Lipinski definition) is 5. The lowest BCUT2D eigenvalue weighted by atomic mass is 9.73. The average Bonchev–Trinajstić information content (AvgIpc) is 3.06. The molecule has 2 atom stereocenters. The number of nitrogens with zero attached hydrogens (tertiary/aromatic N) is 2. The van der Waals surface area contributed by atoms with E-state index < -0.39 is 11.5 Å². The largest absolute Gasteiger partial charge is 0.396 e. The summed E-state index contributed by atoms with van der Waals surface area (Å²) in [7, 11) is 0. The van der Waals surface area contributed by atoms with Crippen LogP contribution in [-0.2, 0) is 6.42 Å². The number of aliphatic hydroxyl groups is 2.